The Bertz CT molecular complexity index is 1550. The van der Waals surface area contributed by atoms with Crippen molar-refractivity contribution < 1.29 is 18.0 Å². The topological polar surface area (TPSA) is 86.8 Å². The zero-order valence-corrected chi connectivity index (χ0v) is 27.5. The molecule has 3 aromatic carbocycles. The average Bonchev–Trinajstić information content (AvgIpc) is 2.96. The van der Waals surface area contributed by atoms with Gasteiger partial charge in [0.2, 0.25) is 21.8 Å². The van der Waals surface area contributed by atoms with Crippen molar-refractivity contribution in [3.63, 3.8) is 0 Å². The molecule has 0 aliphatic heterocycles. The highest BCUT2D eigenvalue weighted by Crippen LogP contribution is 2.34. The van der Waals surface area contributed by atoms with E-state index in [1.54, 1.807) is 24.3 Å². The first kappa shape index (κ1) is 33.4. The molecule has 0 unspecified atom stereocenters. The molecule has 1 atom stereocenters. The third-order valence-electron chi connectivity index (χ3n) is 7.46. The monoisotopic (exact) mass is 683 g/mol. The Morgan fingerprint density at radius 3 is 2.26 bits per heavy atom. The first-order valence-electron chi connectivity index (χ1n) is 13.9. The number of benzene rings is 3. The molecule has 1 fully saturated rings. The van der Waals surface area contributed by atoms with Crippen LogP contribution in [0.5, 0.6) is 0 Å². The fourth-order valence-electron chi connectivity index (χ4n) is 5.21. The van der Waals surface area contributed by atoms with Gasteiger partial charge in [0.05, 0.1) is 22.0 Å². The maximum Gasteiger partial charge on any atom is 0.244 e. The quantitative estimate of drug-likeness (QED) is 0.232. The van der Waals surface area contributed by atoms with Gasteiger partial charge in [-0.25, -0.2) is 8.42 Å². The van der Waals surface area contributed by atoms with Gasteiger partial charge in [0, 0.05) is 29.1 Å². The van der Waals surface area contributed by atoms with Gasteiger partial charge in [-0.05, 0) is 48.2 Å². The average molecular weight is 686 g/mol. The van der Waals surface area contributed by atoms with Gasteiger partial charge in [0.25, 0.3) is 0 Å². The molecular formula is C31H33Cl4N3O4S. The second-order valence-corrected chi connectivity index (χ2v) is 14.2. The minimum absolute atomic E-state index is 0.00613. The maximum atomic E-state index is 14.3. The third-order valence-corrected chi connectivity index (χ3v) is 9.98. The lowest BCUT2D eigenvalue weighted by Gasteiger charge is -2.35. The Morgan fingerprint density at radius 2 is 1.60 bits per heavy atom. The standard InChI is InChI=1S/C31H33Cl4N3O4S/c1-43(41,42)38(27-14-8-13-25(33)30(27)35)20-29(39)37(19-22-15-16-23(32)18-26(22)34)28(17-21-9-4-2-5-10-21)31(40)36-24-11-6-3-7-12-24/h2,4-5,8-10,13-16,18,24,28H,3,6-7,11-12,17,19-20H2,1H3,(H,36,40)/t28-/m1/s1. The fraction of sp³-hybridized carbons (Fsp3) is 0.355. The van der Waals surface area contributed by atoms with Gasteiger partial charge >= 0.3 is 0 Å². The van der Waals surface area contributed by atoms with Crippen molar-refractivity contribution in [2.45, 2.75) is 57.2 Å². The Labute approximate surface area is 273 Å². The van der Waals surface area contributed by atoms with E-state index >= 15 is 0 Å². The van der Waals surface area contributed by atoms with E-state index in [4.69, 9.17) is 46.4 Å². The number of rotatable bonds is 11. The highest BCUT2D eigenvalue weighted by Gasteiger charge is 2.35. The van der Waals surface area contributed by atoms with Gasteiger partial charge in [-0.3, -0.25) is 13.9 Å². The lowest BCUT2D eigenvalue weighted by Crippen LogP contribution is -2.55. The van der Waals surface area contributed by atoms with Crippen LogP contribution in [0.4, 0.5) is 5.69 Å². The van der Waals surface area contributed by atoms with Crippen LogP contribution in [0.3, 0.4) is 0 Å². The molecule has 0 saturated heterocycles. The molecule has 1 N–H and O–H groups in total. The minimum atomic E-state index is -4.00. The number of sulfonamides is 1. The van der Waals surface area contributed by atoms with Gasteiger partial charge < -0.3 is 10.2 Å². The van der Waals surface area contributed by atoms with Crippen molar-refractivity contribution in [3.8, 4) is 0 Å². The summed E-state index contributed by atoms with van der Waals surface area (Å²) < 4.78 is 26.9. The summed E-state index contributed by atoms with van der Waals surface area (Å²) in [6.45, 7) is -0.683. The molecule has 1 saturated carbocycles. The number of anilines is 1. The lowest BCUT2D eigenvalue weighted by atomic mass is 9.94. The predicted octanol–water partition coefficient (Wildman–Crippen LogP) is 7.16. The molecule has 0 bridgehead atoms. The van der Waals surface area contributed by atoms with Gasteiger partial charge in [0.1, 0.15) is 12.6 Å². The Kier molecular flexibility index (Phi) is 11.6. The van der Waals surface area contributed by atoms with E-state index in [1.807, 2.05) is 30.3 Å². The summed E-state index contributed by atoms with van der Waals surface area (Å²) in [4.78, 5) is 29.7. The second-order valence-electron chi connectivity index (χ2n) is 10.6. The van der Waals surface area contributed by atoms with Crippen LogP contribution in [0, 0.1) is 0 Å². The van der Waals surface area contributed by atoms with E-state index in [1.165, 1.54) is 17.0 Å². The third kappa shape index (κ3) is 9.02. The van der Waals surface area contributed by atoms with Crippen molar-refractivity contribution in [3.05, 3.63) is 97.9 Å². The lowest BCUT2D eigenvalue weighted by molar-refractivity contribution is -0.140. The SMILES string of the molecule is CS(=O)(=O)N(CC(=O)N(Cc1ccc(Cl)cc1Cl)[C@H](Cc1ccccc1)C(=O)NC1CCCCC1)c1cccc(Cl)c1Cl. The highest BCUT2D eigenvalue weighted by molar-refractivity contribution is 7.92. The summed E-state index contributed by atoms with van der Waals surface area (Å²) in [7, 11) is -4.00. The van der Waals surface area contributed by atoms with E-state index in [2.05, 4.69) is 5.32 Å². The van der Waals surface area contributed by atoms with Crippen molar-refractivity contribution in [1.29, 1.82) is 0 Å². The van der Waals surface area contributed by atoms with Gasteiger partial charge in [-0.15, -0.1) is 0 Å². The normalized spacial score (nSPS) is 14.6. The van der Waals surface area contributed by atoms with Crippen molar-refractivity contribution in [2.75, 3.05) is 17.1 Å². The molecule has 0 heterocycles. The van der Waals surface area contributed by atoms with Crippen molar-refractivity contribution in [2.24, 2.45) is 0 Å². The van der Waals surface area contributed by atoms with E-state index in [0.717, 1.165) is 48.2 Å². The number of nitrogens with one attached hydrogen (secondary N) is 1. The summed E-state index contributed by atoms with van der Waals surface area (Å²) in [6, 6.07) is 17.8. The molecule has 4 rings (SSSR count). The minimum Gasteiger partial charge on any atom is -0.352 e. The zero-order chi connectivity index (χ0) is 31.1. The highest BCUT2D eigenvalue weighted by atomic mass is 35.5. The molecule has 1 aliphatic carbocycles. The van der Waals surface area contributed by atoms with Crippen LogP contribution in [0.25, 0.3) is 0 Å². The number of nitrogens with zero attached hydrogens (tertiary/aromatic N) is 2. The molecule has 1 aliphatic rings. The van der Waals surface area contributed by atoms with E-state index < -0.39 is 28.5 Å². The van der Waals surface area contributed by atoms with Crippen molar-refractivity contribution in [1.82, 2.24) is 10.2 Å². The van der Waals surface area contributed by atoms with E-state index in [9.17, 15) is 18.0 Å². The molecular weight excluding hydrogens is 652 g/mol. The van der Waals surface area contributed by atoms with Crippen LogP contribution in [0.1, 0.15) is 43.2 Å². The summed E-state index contributed by atoms with van der Waals surface area (Å²) in [6.07, 6.45) is 6.04. The molecule has 0 aromatic heterocycles. The van der Waals surface area contributed by atoms with E-state index in [0.29, 0.717) is 15.6 Å². The van der Waals surface area contributed by atoms with E-state index in [-0.39, 0.29) is 40.6 Å². The number of hydrogen-bond acceptors (Lipinski definition) is 4. The number of hydrogen-bond donors (Lipinski definition) is 1. The first-order valence-corrected chi connectivity index (χ1v) is 17.3. The Morgan fingerprint density at radius 1 is 0.907 bits per heavy atom. The van der Waals surface area contributed by atoms with Crippen LogP contribution in [0.2, 0.25) is 20.1 Å². The van der Waals surface area contributed by atoms with Crippen LogP contribution in [-0.4, -0.2) is 50.0 Å². The summed E-state index contributed by atoms with van der Waals surface area (Å²) in [5.41, 5.74) is 1.44. The zero-order valence-electron chi connectivity index (χ0n) is 23.6. The number of carbonyl (C=O) groups excluding carboxylic acids is 2. The first-order chi connectivity index (χ1) is 20.4. The molecule has 12 heteroatoms. The Hall–Kier alpha value is -2.49. The largest absolute Gasteiger partial charge is 0.352 e. The van der Waals surface area contributed by atoms with Crippen LogP contribution >= 0.6 is 46.4 Å². The van der Waals surface area contributed by atoms with Crippen LogP contribution in [0.15, 0.2) is 66.7 Å². The molecule has 7 nitrogen and oxygen atoms in total. The Balaban J connectivity index is 1.76. The molecule has 0 radical (unpaired) electrons. The number of carbonyl (C=O) groups is 2. The van der Waals surface area contributed by atoms with Gasteiger partial charge in [-0.1, -0.05) is 108 Å². The summed E-state index contributed by atoms with van der Waals surface area (Å²) in [5.74, 6) is -0.937. The van der Waals surface area contributed by atoms with Crippen LogP contribution < -0.4 is 9.62 Å². The molecule has 2 amide bonds. The predicted molar refractivity (Wildman–Crippen MR) is 175 cm³/mol. The fourth-order valence-corrected chi connectivity index (χ4v) is 6.98. The summed E-state index contributed by atoms with van der Waals surface area (Å²) >= 11 is 25.2. The van der Waals surface area contributed by atoms with Crippen molar-refractivity contribution >= 4 is 73.9 Å². The maximum absolute atomic E-state index is 14.3. The smallest absolute Gasteiger partial charge is 0.244 e. The van der Waals surface area contributed by atoms with Gasteiger partial charge in [0.15, 0.2) is 0 Å². The molecule has 0 spiro atoms. The van der Waals surface area contributed by atoms with Gasteiger partial charge in [-0.2, -0.15) is 0 Å². The molecule has 43 heavy (non-hydrogen) atoms. The summed E-state index contributed by atoms with van der Waals surface area (Å²) in [5, 5.41) is 4.02. The second kappa shape index (κ2) is 15.0. The number of halogens is 4. The molecule has 230 valence electrons. The molecule has 3 aromatic rings. The number of amides is 2. The van der Waals surface area contributed by atoms with Crippen LogP contribution in [-0.2, 0) is 32.6 Å².